The van der Waals surface area contributed by atoms with Crippen molar-refractivity contribution in [3.05, 3.63) is 0 Å². The molecule has 1 aliphatic rings. The van der Waals surface area contributed by atoms with Crippen molar-refractivity contribution in [3.63, 3.8) is 0 Å². The topological polar surface area (TPSA) is 29.3 Å². The second-order valence-corrected chi connectivity index (χ2v) is 4.96. The summed E-state index contributed by atoms with van der Waals surface area (Å²) in [6, 6.07) is 0. The zero-order chi connectivity index (χ0) is 9.90. The normalized spacial score (nSPS) is 21.9. The van der Waals surface area contributed by atoms with Gasteiger partial charge in [0.15, 0.2) is 0 Å². The molecule has 2 N–H and O–H groups in total. The Hall–Kier alpha value is -0.0800. The van der Waals surface area contributed by atoms with Crippen LogP contribution in [0.1, 0.15) is 40.0 Å². The average molecular weight is 184 g/mol. The van der Waals surface area contributed by atoms with E-state index in [1.165, 1.54) is 19.4 Å². The van der Waals surface area contributed by atoms with Gasteiger partial charge in [-0.1, -0.05) is 20.8 Å². The maximum Gasteiger partial charge on any atom is 0.0409 e. The zero-order valence-corrected chi connectivity index (χ0v) is 9.34. The highest BCUT2D eigenvalue weighted by molar-refractivity contribution is 4.98. The molecule has 0 saturated carbocycles. The highest BCUT2D eigenvalue weighted by Gasteiger charge is 2.36. The predicted octanol–water partition coefficient (Wildman–Crippen LogP) is 1.85. The summed E-state index contributed by atoms with van der Waals surface area (Å²) in [5, 5.41) is 0. The van der Waals surface area contributed by atoms with Gasteiger partial charge < -0.3 is 5.73 Å². The Balaban J connectivity index is 2.02. The van der Waals surface area contributed by atoms with Crippen molar-refractivity contribution in [1.82, 2.24) is 4.90 Å². The molecule has 78 valence electrons. The molecule has 0 aliphatic carbocycles. The number of hydrogen-bond acceptors (Lipinski definition) is 2. The zero-order valence-electron chi connectivity index (χ0n) is 9.34. The summed E-state index contributed by atoms with van der Waals surface area (Å²) >= 11 is 0. The van der Waals surface area contributed by atoms with Gasteiger partial charge in [0.05, 0.1) is 0 Å². The minimum Gasteiger partial charge on any atom is -0.323 e. The Morgan fingerprint density at radius 3 is 2.46 bits per heavy atom. The van der Waals surface area contributed by atoms with Crippen LogP contribution in [0.15, 0.2) is 0 Å². The quantitative estimate of drug-likeness (QED) is 0.706. The molecule has 1 heterocycles. The first-order chi connectivity index (χ1) is 6.06. The van der Waals surface area contributed by atoms with Crippen LogP contribution in [0.5, 0.6) is 0 Å². The fourth-order valence-electron chi connectivity index (χ4n) is 1.95. The summed E-state index contributed by atoms with van der Waals surface area (Å²) < 4.78 is 0. The van der Waals surface area contributed by atoms with Crippen LogP contribution in [0, 0.1) is 5.92 Å². The van der Waals surface area contributed by atoms with Gasteiger partial charge in [0.2, 0.25) is 0 Å². The molecule has 0 amide bonds. The Morgan fingerprint density at radius 1 is 1.38 bits per heavy atom. The van der Waals surface area contributed by atoms with Gasteiger partial charge in [-0.25, -0.2) is 0 Å². The Morgan fingerprint density at radius 2 is 2.00 bits per heavy atom. The van der Waals surface area contributed by atoms with Crippen molar-refractivity contribution in [3.8, 4) is 0 Å². The number of likely N-dealkylation sites (tertiary alicyclic amines) is 1. The van der Waals surface area contributed by atoms with E-state index in [0.29, 0.717) is 0 Å². The van der Waals surface area contributed by atoms with Gasteiger partial charge in [-0.15, -0.1) is 0 Å². The first-order valence-corrected chi connectivity index (χ1v) is 5.57. The molecule has 0 aromatic carbocycles. The molecule has 1 fully saturated rings. The van der Waals surface area contributed by atoms with Gasteiger partial charge in [0, 0.05) is 18.6 Å². The minimum atomic E-state index is 0.151. The lowest BCUT2D eigenvalue weighted by molar-refractivity contribution is 0.0656. The van der Waals surface area contributed by atoms with Crippen LogP contribution < -0.4 is 5.73 Å². The Kier molecular flexibility index (Phi) is 3.74. The van der Waals surface area contributed by atoms with Crippen LogP contribution >= 0.6 is 0 Å². The molecule has 1 rings (SSSR count). The highest BCUT2D eigenvalue weighted by Crippen LogP contribution is 2.21. The number of hydrogen-bond donors (Lipinski definition) is 1. The maximum atomic E-state index is 6.08. The third-order valence-corrected chi connectivity index (χ3v) is 3.04. The molecule has 1 saturated heterocycles. The maximum absolute atomic E-state index is 6.08. The van der Waals surface area contributed by atoms with Crippen LogP contribution in [0.3, 0.4) is 0 Å². The molecule has 0 radical (unpaired) electrons. The second-order valence-electron chi connectivity index (χ2n) is 4.96. The summed E-state index contributed by atoms with van der Waals surface area (Å²) in [5.41, 5.74) is 6.23. The highest BCUT2D eigenvalue weighted by atomic mass is 15.2. The fourth-order valence-corrected chi connectivity index (χ4v) is 1.95. The molecule has 0 bridgehead atoms. The van der Waals surface area contributed by atoms with Gasteiger partial charge in [-0.2, -0.15) is 0 Å². The second kappa shape index (κ2) is 4.43. The van der Waals surface area contributed by atoms with Crippen LogP contribution in [0.25, 0.3) is 0 Å². The lowest BCUT2D eigenvalue weighted by atomic mass is 9.88. The van der Waals surface area contributed by atoms with E-state index >= 15 is 0 Å². The van der Waals surface area contributed by atoms with Gasteiger partial charge >= 0.3 is 0 Å². The van der Waals surface area contributed by atoms with E-state index < -0.39 is 0 Å². The van der Waals surface area contributed by atoms with E-state index in [-0.39, 0.29) is 5.54 Å². The number of rotatable bonds is 5. The van der Waals surface area contributed by atoms with E-state index in [1.807, 2.05) is 0 Å². The Bertz CT molecular complexity index is 148. The largest absolute Gasteiger partial charge is 0.323 e. The van der Waals surface area contributed by atoms with E-state index in [4.69, 9.17) is 5.73 Å². The average Bonchev–Trinajstić information content (AvgIpc) is 2.00. The lowest BCUT2D eigenvalue weighted by Gasteiger charge is -2.47. The lowest BCUT2D eigenvalue weighted by Crippen LogP contribution is -2.66. The van der Waals surface area contributed by atoms with Crippen LogP contribution in [-0.4, -0.2) is 30.1 Å². The third kappa shape index (κ3) is 3.28. The monoisotopic (exact) mass is 184 g/mol. The van der Waals surface area contributed by atoms with Crippen molar-refractivity contribution in [2.45, 2.75) is 45.6 Å². The predicted molar refractivity (Wildman–Crippen MR) is 57.7 cm³/mol. The van der Waals surface area contributed by atoms with Gasteiger partial charge in [-0.3, -0.25) is 4.90 Å². The van der Waals surface area contributed by atoms with Crippen molar-refractivity contribution in [2.75, 3.05) is 19.6 Å². The molecule has 0 atom stereocenters. The third-order valence-electron chi connectivity index (χ3n) is 3.04. The standard InChI is InChI=1S/C11H24N2/c1-4-11(12)8-13(9-11)7-5-6-10(2)3/h10H,4-9,12H2,1-3H3. The molecular weight excluding hydrogens is 160 g/mol. The first kappa shape index (κ1) is 11.0. The Labute approximate surface area is 82.5 Å². The molecule has 2 nitrogen and oxygen atoms in total. The summed E-state index contributed by atoms with van der Waals surface area (Å²) in [6.07, 6.45) is 3.80. The first-order valence-electron chi connectivity index (χ1n) is 5.57. The smallest absolute Gasteiger partial charge is 0.0409 e. The van der Waals surface area contributed by atoms with Crippen molar-refractivity contribution in [1.29, 1.82) is 0 Å². The van der Waals surface area contributed by atoms with E-state index in [1.54, 1.807) is 0 Å². The summed E-state index contributed by atoms with van der Waals surface area (Å²) in [4.78, 5) is 2.48. The summed E-state index contributed by atoms with van der Waals surface area (Å²) in [7, 11) is 0. The molecule has 0 aromatic rings. The molecule has 13 heavy (non-hydrogen) atoms. The van der Waals surface area contributed by atoms with E-state index in [9.17, 15) is 0 Å². The molecule has 0 aromatic heterocycles. The van der Waals surface area contributed by atoms with E-state index in [2.05, 4.69) is 25.7 Å². The van der Waals surface area contributed by atoms with Crippen molar-refractivity contribution < 1.29 is 0 Å². The molecule has 2 heteroatoms. The number of nitrogens with zero attached hydrogens (tertiary/aromatic N) is 1. The SMILES string of the molecule is CCC1(N)CN(CCCC(C)C)C1. The summed E-state index contributed by atoms with van der Waals surface area (Å²) in [6.45, 7) is 10.2. The number of nitrogens with two attached hydrogens (primary N) is 1. The molecule has 0 spiro atoms. The van der Waals surface area contributed by atoms with Gasteiger partial charge in [0.25, 0.3) is 0 Å². The molecular formula is C11H24N2. The molecule has 1 aliphatic heterocycles. The van der Waals surface area contributed by atoms with Crippen molar-refractivity contribution in [2.24, 2.45) is 11.7 Å². The fraction of sp³-hybridized carbons (Fsp3) is 1.00. The summed E-state index contributed by atoms with van der Waals surface area (Å²) in [5.74, 6) is 0.843. The van der Waals surface area contributed by atoms with Gasteiger partial charge in [-0.05, 0) is 31.7 Å². The minimum absolute atomic E-state index is 0.151. The molecule has 0 unspecified atom stereocenters. The van der Waals surface area contributed by atoms with Crippen LogP contribution in [0.4, 0.5) is 0 Å². The van der Waals surface area contributed by atoms with E-state index in [0.717, 1.165) is 25.4 Å². The van der Waals surface area contributed by atoms with Crippen molar-refractivity contribution >= 4 is 0 Å². The van der Waals surface area contributed by atoms with Crippen LogP contribution in [0.2, 0.25) is 0 Å². The van der Waals surface area contributed by atoms with Crippen LogP contribution in [-0.2, 0) is 0 Å². The van der Waals surface area contributed by atoms with Gasteiger partial charge in [0.1, 0.15) is 0 Å².